The van der Waals surface area contributed by atoms with Crippen LogP contribution < -0.4 is 10.2 Å². The van der Waals surface area contributed by atoms with Crippen molar-refractivity contribution in [2.24, 2.45) is 0 Å². The number of ether oxygens (including phenoxy) is 1. The fourth-order valence-corrected chi connectivity index (χ4v) is 2.68. The van der Waals surface area contributed by atoms with E-state index in [1.54, 1.807) is 0 Å². The number of rotatable bonds is 8. The fraction of sp³-hybridized carbons (Fsp3) is 0.647. The molecule has 0 fully saturated rings. The van der Waals surface area contributed by atoms with Gasteiger partial charge in [0, 0.05) is 31.4 Å². The maximum absolute atomic E-state index is 5.68. The molecule has 1 aliphatic heterocycles. The van der Waals surface area contributed by atoms with Gasteiger partial charge in [-0.2, -0.15) is 0 Å². The van der Waals surface area contributed by atoms with E-state index in [0.717, 1.165) is 32.7 Å². The lowest BCUT2D eigenvalue weighted by atomic mass is 10.0. The molecule has 0 spiro atoms. The maximum atomic E-state index is 5.68. The minimum absolute atomic E-state index is 0.423. The number of hydrogen-bond acceptors (Lipinski definition) is 3. The van der Waals surface area contributed by atoms with Crippen molar-refractivity contribution < 1.29 is 4.74 Å². The van der Waals surface area contributed by atoms with E-state index in [2.05, 4.69) is 42.3 Å². The molecule has 0 saturated heterocycles. The predicted octanol–water partition coefficient (Wildman–Crippen LogP) is 3.15. The van der Waals surface area contributed by atoms with Crippen LogP contribution in [0, 0.1) is 0 Å². The third-order valence-electron chi connectivity index (χ3n) is 4.18. The van der Waals surface area contributed by atoms with Crippen LogP contribution in [0.15, 0.2) is 18.2 Å². The second-order valence-corrected chi connectivity index (χ2v) is 5.60. The summed E-state index contributed by atoms with van der Waals surface area (Å²) in [4.78, 5) is 2.45. The first-order valence-electron chi connectivity index (χ1n) is 7.89. The van der Waals surface area contributed by atoms with Crippen molar-refractivity contribution in [1.29, 1.82) is 0 Å². The van der Waals surface area contributed by atoms with Gasteiger partial charge in [-0.05, 0) is 44.0 Å². The van der Waals surface area contributed by atoms with Gasteiger partial charge >= 0.3 is 0 Å². The molecule has 0 aromatic heterocycles. The lowest BCUT2D eigenvalue weighted by Gasteiger charge is -2.20. The zero-order valence-corrected chi connectivity index (χ0v) is 13.1. The number of benzene rings is 1. The Morgan fingerprint density at radius 1 is 1.35 bits per heavy atom. The summed E-state index contributed by atoms with van der Waals surface area (Å²) in [7, 11) is 2.01. The molecule has 3 nitrogen and oxygen atoms in total. The molecule has 1 aliphatic rings. The Balaban J connectivity index is 1.89. The number of hydrogen-bond donors (Lipinski definition) is 1. The van der Waals surface area contributed by atoms with Crippen LogP contribution in [0.5, 0.6) is 0 Å². The monoisotopic (exact) mass is 276 g/mol. The minimum atomic E-state index is 0.423. The summed E-state index contributed by atoms with van der Waals surface area (Å²) < 4.78 is 5.68. The normalized spacial score (nSPS) is 15.4. The van der Waals surface area contributed by atoms with Gasteiger partial charge in [-0.25, -0.2) is 0 Å². The van der Waals surface area contributed by atoms with Crippen molar-refractivity contribution in [3.05, 3.63) is 29.3 Å². The zero-order valence-electron chi connectivity index (χ0n) is 13.1. The van der Waals surface area contributed by atoms with Gasteiger partial charge in [0.2, 0.25) is 0 Å². The van der Waals surface area contributed by atoms with Crippen LogP contribution in [-0.4, -0.2) is 33.4 Å². The number of anilines is 1. The largest absolute Gasteiger partial charge is 0.380 e. The van der Waals surface area contributed by atoms with Crippen LogP contribution in [0.4, 0.5) is 5.69 Å². The summed E-state index contributed by atoms with van der Waals surface area (Å²) in [6.45, 7) is 8.28. The van der Waals surface area contributed by atoms with Gasteiger partial charge in [-0.1, -0.05) is 25.5 Å². The van der Waals surface area contributed by atoms with E-state index in [9.17, 15) is 0 Å². The summed E-state index contributed by atoms with van der Waals surface area (Å²) in [5, 5.41) is 3.30. The summed E-state index contributed by atoms with van der Waals surface area (Å²) in [6.07, 6.45) is 3.54. The van der Waals surface area contributed by atoms with Crippen molar-refractivity contribution in [1.82, 2.24) is 5.32 Å². The Hall–Kier alpha value is -1.06. The first-order valence-corrected chi connectivity index (χ1v) is 7.89. The lowest BCUT2D eigenvalue weighted by molar-refractivity contribution is 0.137. The predicted molar refractivity (Wildman–Crippen MR) is 85.6 cm³/mol. The molecule has 3 heteroatoms. The minimum Gasteiger partial charge on any atom is -0.380 e. The van der Waals surface area contributed by atoms with Gasteiger partial charge in [0.15, 0.2) is 0 Å². The summed E-state index contributed by atoms with van der Waals surface area (Å²) in [5.41, 5.74) is 4.27. The second-order valence-electron chi connectivity index (χ2n) is 5.60. The van der Waals surface area contributed by atoms with Crippen LogP contribution in [0.2, 0.25) is 0 Å². The first kappa shape index (κ1) is 15.3. The molecule has 1 N–H and O–H groups in total. The highest BCUT2D eigenvalue weighted by Gasteiger charge is 2.19. The summed E-state index contributed by atoms with van der Waals surface area (Å²) >= 11 is 0. The molecule has 0 bridgehead atoms. The van der Waals surface area contributed by atoms with E-state index < -0.39 is 0 Å². The standard InChI is InChI=1S/C17H28N2O/c1-4-5-11-20-12-10-19-9-8-16-13-15(14(2)18-3)6-7-17(16)19/h6-7,13-14,18H,4-5,8-12H2,1-3H3. The van der Waals surface area contributed by atoms with Crippen molar-refractivity contribution in [2.75, 3.05) is 38.3 Å². The average molecular weight is 276 g/mol. The second kappa shape index (κ2) is 7.65. The first-order chi connectivity index (χ1) is 9.76. The Morgan fingerprint density at radius 2 is 2.20 bits per heavy atom. The zero-order chi connectivity index (χ0) is 14.4. The molecule has 0 amide bonds. The van der Waals surface area contributed by atoms with Gasteiger partial charge in [0.25, 0.3) is 0 Å². The Bertz CT molecular complexity index is 419. The van der Waals surface area contributed by atoms with E-state index in [1.165, 1.54) is 29.7 Å². The number of fused-ring (bicyclic) bond motifs is 1. The van der Waals surface area contributed by atoms with Crippen molar-refractivity contribution in [2.45, 2.75) is 39.2 Å². The smallest absolute Gasteiger partial charge is 0.0641 e. The van der Waals surface area contributed by atoms with Crippen LogP contribution in [0.3, 0.4) is 0 Å². The molecule has 2 rings (SSSR count). The molecule has 1 aromatic carbocycles. The molecule has 1 aromatic rings. The SMILES string of the molecule is CCCCOCCN1CCc2cc(C(C)NC)ccc21. The highest BCUT2D eigenvalue weighted by molar-refractivity contribution is 5.59. The third kappa shape index (κ3) is 3.74. The molecule has 20 heavy (non-hydrogen) atoms. The summed E-state index contributed by atoms with van der Waals surface area (Å²) in [6, 6.07) is 7.30. The molecule has 1 atom stereocenters. The van der Waals surface area contributed by atoms with Crippen molar-refractivity contribution >= 4 is 5.69 Å². The molecule has 112 valence electrons. The van der Waals surface area contributed by atoms with Gasteiger partial charge in [-0.3, -0.25) is 0 Å². The summed E-state index contributed by atoms with van der Waals surface area (Å²) in [5.74, 6) is 0. The van der Waals surface area contributed by atoms with E-state index in [-0.39, 0.29) is 0 Å². The van der Waals surface area contributed by atoms with Gasteiger partial charge in [-0.15, -0.1) is 0 Å². The molecular weight excluding hydrogens is 248 g/mol. The highest BCUT2D eigenvalue weighted by Crippen LogP contribution is 2.30. The molecule has 1 unspecified atom stereocenters. The highest BCUT2D eigenvalue weighted by atomic mass is 16.5. The maximum Gasteiger partial charge on any atom is 0.0641 e. The number of unbranched alkanes of at least 4 members (excludes halogenated alkanes) is 1. The third-order valence-corrected chi connectivity index (χ3v) is 4.18. The van der Waals surface area contributed by atoms with Crippen LogP contribution in [0.1, 0.15) is 43.9 Å². The van der Waals surface area contributed by atoms with E-state index in [1.807, 2.05) is 7.05 Å². The van der Waals surface area contributed by atoms with Gasteiger partial charge in [0.05, 0.1) is 6.61 Å². The molecule has 0 saturated carbocycles. The quantitative estimate of drug-likeness (QED) is 0.738. The van der Waals surface area contributed by atoms with Crippen molar-refractivity contribution in [3.63, 3.8) is 0 Å². The van der Waals surface area contributed by atoms with Crippen LogP contribution in [0.25, 0.3) is 0 Å². The van der Waals surface area contributed by atoms with E-state index >= 15 is 0 Å². The fourth-order valence-electron chi connectivity index (χ4n) is 2.68. The van der Waals surface area contributed by atoms with Gasteiger partial charge in [0.1, 0.15) is 0 Å². The van der Waals surface area contributed by atoms with E-state index in [4.69, 9.17) is 4.74 Å². The average Bonchev–Trinajstić information content (AvgIpc) is 2.88. The number of nitrogens with zero attached hydrogens (tertiary/aromatic N) is 1. The molecular formula is C17H28N2O. The van der Waals surface area contributed by atoms with Crippen molar-refractivity contribution in [3.8, 4) is 0 Å². The molecule has 0 aliphatic carbocycles. The Morgan fingerprint density at radius 3 is 2.95 bits per heavy atom. The van der Waals surface area contributed by atoms with Crippen LogP contribution >= 0.6 is 0 Å². The van der Waals surface area contributed by atoms with Crippen LogP contribution in [-0.2, 0) is 11.2 Å². The van der Waals surface area contributed by atoms with Gasteiger partial charge < -0.3 is 15.0 Å². The Kier molecular flexibility index (Phi) is 5.86. The molecule has 0 radical (unpaired) electrons. The topological polar surface area (TPSA) is 24.5 Å². The number of nitrogens with one attached hydrogen (secondary N) is 1. The molecule has 1 heterocycles. The van der Waals surface area contributed by atoms with E-state index in [0.29, 0.717) is 6.04 Å². The Labute approximate surface area is 123 Å². The lowest BCUT2D eigenvalue weighted by Crippen LogP contribution is -2.25.